The first-order valence-electron chi connectivity index (χ1n) is 17.5. The van der Waals surface area contributed by atoms with Crippen LogP contribution < -0.4 is 16.1 Å². The summed E-state index contributed by atoms with van der Waals surface area (Å²) in [6.45, 7) is 10.9. The number of fused-ring (bicyclic) bond motifs is 4. The Bertz CT molecular complexity index is 1610. The molecule has 264 valence electrons. The Labute approximate surface area is 287 Å². The van der Waals surface area contributed by atoms with Gasteiger partial charge in [-0.3, -0.25) is 34.0 Å². The third-order valence-corrected chi connectivity index (χ3v) is 9.72. The predicted molar refractivity (Wildman–Crippen MR) is 183 cm³/mol. The third kappa shape index (κ3) is 8.29. The molecule has 12 nitrogen and oxygen atoms in total. The second-order valence-corrected chi connectivity index (χ2v) is 14.3. The van der Waals surface area contributed by atoms with Crippen molar-refractivity contribution in [3.8, 4) is 0 Å². The topological polar surface area (TPSA) is 156 Å². The van der Waals surface area contributed by atoms with Crippen molar-refractivity contribution in [1.82, 2.24) is 26.1 Å². The summed E-state index contributed by atoms with van der Waals surface area (Å²) in [4.78, 5) is 71.7. The number of hydrogen-bond acceptors (Lipinski definition) is 9. The van der Waals surface area contributed by atoms with Crippen molar-refractivity contribution < 1.29 is 33.4 Å². The summed E-state index contributed by atoms with van der Waals surface area (Å²) in [5, 5.41) is 8.07. The van der Waals surface area contributed by atoms with Gasteiger partial charge in [0.2, 0.25) is 5.91 Å². The third-order valence-electron chi connectivity index (χ3n) is 9.72. The summed E-state index contributed by atoms with van der Waals surface area (Å²) in [7, 11) is 0. The molecule has 0 radical (unpaired) electrons. The van der Waals surface area contributed by atoms with E-state index in [1.807, 2.05) is 49.4 Å². The normalized spacial score (nSPS) is 29.5. The Hall–Kier alpha value is -4.32. The van der Waals surface area contributed by atoms with Gasteiger partial charge in [0.15, 0.2) is 6.10 Å². The molecule has 5 bridgehead atoms. The number of hydrogen-bond donors (Lipinski definition) is 3. The molecular formula is C37H49N5O7. The van der Waals surface area contributed by atoms with Crippen molar-refractivity contribution in [1.29, 1.82) is 0 Å². The number of aromatic nitrogens is 1. The minimum atomic E-state index is -1.16. The molecule has 3 N–H and O–H groups in total. The first-order chi connectivity index (χ1) is 23.3. The van der Waals surface area contributed by atoms with Crippen LogP contribution in [0.25, 0.3) is 17.0 Å². The zero-order valence-corrected chi connectivity index (χ0v) is 29.3. The summed E-state index contributed by atoms with van der Waals surface area (Å²) in [5.74, 6) is -2.71. The molecule has 1 aromatic heterocycles. The minimum absolute atomic E-state index is 0.253. The number of nitrogens with one attached hydrogen (secondary N) is 3. The van der Waals surface area contributed by atoms with Gasteiger partial charge in [0.05, 0.1) is 28.6 Å². The number of hydrazine groups is 1. The first kappa shape index (κ1) is 36.0. The molecule has 5 rings (SSSR count). The lowest BCUT2D eigenvalue weighted by atomic mass is 9.72. The van der Waals surface area contributed by atoms with Crippen molar-refractivity contribution in [3.05, 3.63) is 47.7 Å². The highest BCUT2D eigenvalue weighted by Gasteiger charge is 2.44. The average Bonchev–Trinajstić information content (AvgIpc) is 3.08. The summed E-state index contributed by atoms with van der Waals surface area (Å²) in [5.41, 5.74) is 4.19. The number of rotatable bonds is 3. The fraction of sp³-hybridized carbons (Fsp3) is 0.568. The van der Waals surface area contributed by atoms with E-state index in [2.05, 4.69) is 16.1 Å². The number of cyclic esters (lactones) is 1. The predicted octanol–water partition coefficient (Wildman–Crippen LogP) is 4.14. The highest BCUT2D eigenvalue weighted by atomic mass is 16.6. The molecule has 1 aliphatic carbocycles. The van der Waals surface area contributed by atoms with Crippen molar-refractivity contribution in [2.24, 2.45) is 17.3 Å². The number of esters is 2. The molecule has 1 saturated heterocycles. The van der Waals surface area contributed by atoms with Gasteiger partial charge >= 0.3 is 11.9 Å². The molecule has 49 heavy (non-hydrogen) atoms. The molecular weight excluding hydrogens is 626 g/mol. The van der Waals surface area contributed by atoms with Crippen LogP contribution in [0.15, 0.2) is 36.4 Å². The van der Waals surface area contributed by atoms with E-state index in [0.29, 0.717) is 50.8 Å². The number of nitrogens with zero attached hydrogens (tertiary/aromatic N) is 2. The Morgan fingerprint density at radius 3 is 2.35 bits per heavy atom. The molecule has 3 heterocycles. The van der Waals surface area contributed by atoms with Gasteiger partial charge in [0.1, 0.15) is 18.2 Å². The van der Waals surface area contributed by atoms with Gasteiger partial charge in [-0.15, -0.1) is 0 Å². The van der Waals surface area contributed by atoms with Crippen LogP contribution in [0.2, 0.25) is 0 Å². The monoisotopic (exact) mass is 675 g/mol. The van der Waals surface area contributed by atoms with E-state index >= 15 is 0 Å². The van der Waals surface area contributed by atoms with Crippen molar-refractivity contribution in [3.63, 3.8) is 0 Å². The van der Waals surface area contributed by atoms with Crippen LogP contribution in [0, 0.1) is 17.3 Å². The van der Waals surface area contributed by atoms with Gasteiger partial charge in [-0.2, -0.15) is 0 Å². The van der Waals surface area contributed by atoms with Gasteiger partial charge in [0.25, 0.3) is 11.8 Å². The Morgan fingerprint density at radius 2 is 1.65 bits per heavy atom. The highest BCUT2D eigenvalue weighted by molar-refractivity contribution is 5.92. The maximum absolute atomic E-state index is 14.2. The second kappa shape index (κ2) is 15.1. The van der Waals surface area contributed by atoms with E-state index in [1.165, 1.54) is 5.01 Å². The fourth-order valence-corrected chi connectivity index (χ4v) is 6.55. The lowest BCUT2D eigenvalue weighted by molar-refractivity contribution is -0.170. The molecule has 4 atom stereocenters. The average molecular weight is 676 g/mol. The SMILES string of the molecule is CC(C)C(=O)OC1CCC2(/C=C\c3ccc4ccc(nc4c3)[C@@H](C)NC(=O)[C@@H]3CCCN(N3)C(=O)[C@H](C)NC(=O)[C@H](C(C)C)OC2=O)CC1. The van der Waals surface area contributed by atoms with Crippen LogP contribution in [0.4, 0.5) is 0 Å². The van der Waals surface area contributed by atoms with E-state index in [-0.39, 0.29) is 29.8 Å². The van der Waals surface area contributed by atoms with Gasteiger partial charge in [-0.1, -0.05) is 58.0 Å². The molecule has 12 heteroatoms. The van der Waals surface area contributed by atoms with Crippen LogP contribution in [-0.4, -0.2) is 70.5 Å². The number of pyridine rings is 1. The standard InChI is InChI=1S/C37H49N5O7/c1-21(2)31-33(44)39-24(6)34(45)42-19-7-8-29(41-42)32(43)38-23(5)28-12-11-26-10-9-25(20-30(26)40-28)13-16-37(36(47)49-31)17-14-27(15-18-37)48-35(46)22(3)4/h9-13,16,20-24,27,29,31,41H,7-8,14-15,17-19H2,1-6H3,(H,38,43)(H,39,44)/b16-13-/t23-,24+,27?,29+,31+,37?/m1/s1. The molecule has 3 aliphatic rings. The van der Waals surface area contributed by atoms with E-state index in [1.54, 1.807) is 34.6 Å². The summed E-state index contributed by atoms with van der Waals surface area (Å²) in [6.07, 6.45) is 4.99. The quantitative estimate of drug-likeness (QED) is 0.407. The van der Waals surface area contributed by atoms with Gasteiger partial charge in [0, 0.05) is 11.9 Å². The lowest BCUT2D eigenvalue weighted by Gasteiger charge is -2.37. The summed E-state index contributed by atoms with van der Waals surface area (Å²) >= 11 is 0. The van der Waals surface area contributed by atoms with Gasteiger partial charge < -0.3 is 20.1 Å². The summed E-state index contributed by atoms with van der Waals surface area (Å²) in [6, 6.07) is 7.68. The summed E-state index contributed by atoms with van der Waals surface area (Å²) < 4.78 is 11.7. The molecule has 3 amide bonds. The maximum atomic E-state index is 14.2. The smallest absolute Gasteiger partial charge is 0.316 e. The largest absolute Gasteiger partial charge is 0.462 e. The molecule has 1 spiro atoms. The highest BCUT2D eigenvalue weighted by Crippen LogP contribution is 2.41. The van der Waals surface area contributed by atoms with Crippen molar-refractivity contribution in [2.75, 3.05) is 6.54 Å². The lowest BCUT2D eigenvalue weighted by Crippen LogP contribution is -2.61. The molecule has 1 aromatic carbocycles. The number of benzene rings is 1. The number of ether oxygens (including phenoxy) is 2. The second-order valence-electron chi connectivity index (χ2n) is 14.3. The Morgan fingerprint density at radius 1 is 0.959 bits per heavy atom. The van der Waals surface area contributed by atoms with Crippen molar-refractivity contribution >= 4 is 46.6 Å². The van der Waals surface area contributed by atoms with Crippen molar-refractivity contribution in [2.45, 2.75) is 110 Å². The molecule has 2 aliphatic heterocycles. The molecule has 2 aromatic rings. The molecule has 2 fully saturated rings. The van der Waals surface area contributed by atoms with Crippen LogP contribution in [0.5, 0.6) is 0 Å². The maximum Gasteiger partial charge on any atom is 0.316 e. The first-order valence-corrected chi connectivity index (χ1v) is 17.5. The Balaban J connectivity index is 1.51. The molecule has 0 unspecified atom stereocenters. The van der Waals surface area contributed by atoms with Crippen LogP contribution in [-0.2, 0) is 33.4 Å². The zero-order valence-electron chi connectivity index (χ0n) is 29.3. The number of amides is 3. The van der Waals surface area contributed by atoms with Gasteiger partial charge in [-0.25, -0.2) is 5.43 Å². The van der Waals surface area contributed by atoms with Crippen LogP contribution >= 0.6 is 0 Å². The van der Waals surface area contributed by atoms with E-state index in [0.717, 1.165) is 16.5 Å². The Kier molecular flexibility index (Phi) is 11.1. The van der Waals surface area contributed by atoms with Crippen LogP contribution in [0.3, 0.4) is 0 Å². The van der Waals surface area contributed by atoms with E-state index in [4.69, 9.17) is 14.5 Å². The number of carbonyl (C=O) groups excluding carboxylic acids is 5. The minimum Gasteiger partial charge on any atom is -0.462 e. The number of carbonyl (C=O) groups is 5. The van der Waals surface area contributed by atoms with Gasteiger partial charge in [-0.05, 0) is 76.0 Å². The fourth-order valence-electron chi connectivity index (χ4n) is 6.55. The van der Waals surface area contributed by atoms with E-state index < -0.39 is 47.4 Å². The molecule has 1 saturated carbocycles. The van der Waals surface area contributed by atoms with Crippen LogP contribution in [0.1, 0.15) is 97.4 Å². The zero-order chi connectivity index (χ0) is 35.5. The van der Waals surface area contributed by atoms with E-state index in [9.17, 15) is 24.0 Å².